The van der Waals surface area contributed by atoms with Gasteiger partial charge >= 0.3 is 0 Å². The molecule has 12 rings (SSSR count). The highest BCUT2D eigenvalue weighted by Crippen LogP contribution is 2.41. The summed E-state index contributed by atoms with van der Waals surface area (Å²) < 4.78 is 4.42. The maximum Gasteiger partial charge on any atom is 0.145 e. The summed E-state index contributed by atoms with van der Waals surface area (Å²) in [5.41, 5.74) is 23.6. The van der Waals surface area contributed by atoms with Crippen LogP contribution >= 0.6 is 0 Å². The fourth-order valence-corrected chi connectivity index (χ4v) is 10.5. The molecule has 0 N–H and O–H groups in total. The van der Waals surface area contributed by atoms with Crippen molar-refractivity contribution >= 4 is 32.8 Å². The quantitative estimate of drug-likeness (QED) is 0.130. The predicted molar refractivity (Wildman–Crippen MR) is 291 cm³/mol. The zero-order valence-corrected chi connectivity index (χ0v) is 40.1. The first kappa shape index (κ1) is 42.9. The minimum absolute atomic E-state index is 0.922. The van der Waals surface area contributed by atoms with E-state index < -0.39 is 0 Å². The Morgan fingerprint density at radius 3 is 1.47 bits per heavy atom. The number of rotatable bonds is 11. The number of fused-ring (bicyclic) bond motifs is 6. The minimum Gasteiger partial charge on any atom is -0.304 e. The third kappa shape index (κ3) is 8.03. The van der Waals surface area contributed by atoms with Gasteiger partial charge in [-0.3, -0.25) is 4.98 Å². The minimum atomic E-state index is 0.922. The van der Waals surface area contributed by atoms with Crippen molar-refractivity contribution in [1.82, 2.24) is 23.8 Å². The molecule has 7 aromatic carbocycles. The molecule has 0 spiro atoms. The van der Waals surface area contributed by atoms with Crippen molar-refractivity contribution in [2.75, 3.05) is 0 Å². The van der Waals surface area contributed by atoms with E-state index in [-0.39, 0.29) is 0 Å². The lowest BCUT2D eigenvalue weighted by Gasteiger charge is -2.18. The molecule has 0 fully saturated rings. The molecule has 0 radical (unpaired) electrons. The van der Waals surface area contributed by atoms with E-state index in [4.69, 9.17) is 15.0 Å². The van der Waals surface area contributed by atoms with Crippen LogP contribution in [0.15, 0.2) is 201 Å². The molecule has 0 saturated heterocycles. The number of imidazole rings is 2. The van der Waals surface area contributed by atoms with Crippen LogP contribution in [0.3, 0.4) is 0 Å². The van der Waals surface area contributed by atoms with Gasteiger partial charge in [-0.2, -0.15) is 0 Å². The molecular formula is C65H53N5. The number of nitrogens with zero attached hydrogens (tertiary/aromatic N) is 5. The van der Waals surface area contributed by atoms with Crippen LogP contribution in [0.1, 0.15) is 45.0 Å². The Kier molecular flexibility index (Phi) is 11.0. The predicted octanol–water partition coefficient (Wildman–Crippen LogP) is 15.8. The average molecular weight is 904 g/mol. The first-order valence-electron chi connectivity index (χ1n) is 24.5. The van der Waals surface area contributed by atoms with Crippen molar-refractivity contribution < 1.29 is 0 Å². The van der Waals surface area contributed by atoms with Gasteiger partial charge in [0.2, 0.25) is 0 Å². The van der Waals surface area contributed by atoms with Crippen molar-refractivity contribution in [1.29, 1.82) is 0 Å². The molecule has 70 heavy (non-hydrogen) atoms. The molecule has 0 aliphatic rings. The number of hydrogen-bond donors (Lipinski definition) is 0. The molecule has 5 heterocycles. The van der Waals surface area contributed by atoms with E-state index in [1.807, 2.05) is 12.3 Å². The molecule has 338 valence electrons. The highest BCUT2D eigenvalue weighted by atomic mass is 15.0. The van der Waals surface area contributed by atoms with Crippen molar-refractivity contribution in [2.24, 2.45) is 0 Å². The third-order valence-corrected chi connectivity index (χ3v) is 14.6. The van der Waals surface area contributed by atoms with E-state index >= 15 is 0 Å². The van der Waals surface area contributed by atoms with Crippen molar-refractivity contribution in [3.05, 3.63) is 246 Å². The number of hydrogen-bond acceptors (Lipinski definition) is 3. The SMILES string of the molecule is Cc1nc2c3ccc(CCc4cc(CCc5ccc6c(ccn7c(C)c(C)nc67)c5)cc(-c5ccccc5-c5ccc(-c6ccccn6)cc5-c5ccc(-c6ccccc6)cc5)c4)cc3ccn2c1C. The zero-order chi connectivity index (χ0) is 47.3. The van der Waals surface area contributed by atoms with Gasteiger partial charge in [0, 0.05) is 46.3 Å². The van der Waals surface area contributed by atoms with Gasteiger partial charge in [0.25, 0.3) is 0 Å². The van der Waals surface area contributed by atoms with Crippen molar-refractivity contribution in [3.8, 4) is 55.8 Å². The molecule has 0 amide bonds. The Bertz CT molecular complexity index is 3770. The second kappa shape index (κ2) is 17.9. The fourth-order valence-electron chi connectivity index (χ4n) is 10.5. The summed E-state index contributed by atoms with van der Waals surface area (Å²) in [6.07, 6.45) is 9.91. The Morgan fingerprint density at radius 2 is 0.871 bits per heavy atom. The van der Waals surface area contributed by atoms with Gasteiger partial charge in [-0.25, -0.2) is 9.97 Å². The third-order valence-electron chi connectivity index (χ3n) is 14.6. The number of benzene rings is 7. The van der Waals surface area contributed by atoms with Gasteiger partial charge in [0.1, 0.15) is 11.3 Å². The van der Waals surface area contributed by atoms with Crippen LogP contribution < -0.4 is 0 Å². The molecule has 0 aliphatic heterocycles. The lowest BCUT2D eigenvalue weighted by atomic mass is 9.86. The average Bonchev–Trinajstić information content (AvgIpc) is 3.88. The maximum atomic E-state index is 4.92. The first-order valence-corrected chi connectivity index (χ1v) is 24.5. The van der Waals surface area contributed by atoms with Gasteiger partial charge in [0.05, 0.1) is 17.1 Å². The Hall–Kier alpha value is -8.41. The van der Waals surface area contributed by atoms with E-state index in [9.17, 15) is 0 Å². The van der Waals surface area contributed by atoms with E-state index in [1.165, 1.54) is 99.7 Å². The summed E-state index contributed by atoms with van der Waals surface area (Å²) in [6.45, 7) is 8.46. The Labute approximate surface area is 409 Å². The normalized spacial score (nSPS) is 11.7. The van der Waals surface area contributed by atoms with Gasteiger partial charge in [-0.05, 0) is 161 Å². The number of aromatic nitrogens is 5. The summed E-state index contributed by atoms with van der Waals surface area (Å²) in [4.78, 5) is 14.6. The summed E-state index contributed by atoms with van der Waals surface area (Å²) in [5.74, 6) is 0. The summed E-state index contributed by atoms with van der Waals surface area (Å²) in [5, 5.41) is 4.84. The van der Waals surface area contributed by atoms with Gasteiger partial charge in [-0.15, -0.1) is 0 Å². The molecule has 0 unspecified atom stereocenters. The molecule has 0 saturated carbocycles. The van der Waals surface area contributed by atoms with Crippen LogP contribution in [0.5, 0.6) is 0 Å². The monoisotopic (exact) mass is 903 g/mol. The maximum absolute atomic E-state index is 4.92. The molecule has 5 aromatic heterocycles. The topological polar surface area (TPSA) is 47.5 Å². The van der Waals surface area contributed by atoms with Gasteiger partial charge in [0.15, 0.2) is 0 Å². The summed E-state index contributed by atoms with van der Waals surface area (Å²) >= 11 is 0. The Balaban J connectivity index is 0.929. The fraction of sp³-hybridized carbons (Fsp3) is 0.123. The highest BCUT2D eigenvalue weighted by molar-refractivity contribution is 5.96. The molecule has 5 heteroatoms. The molecular weight excluding hydrogens is 851 g/mol. The lowest BCUT2D eigenvalue weighted by molar-refractivity contribution is 0.933. The highest BCUT2D eigenvalue weighted by Gasteiger charge is 2.17. The molecule has 5 nitrogen and oxygen atoms in total. The van der Waals surface area contributed by atoms with Crippen molar-refractivity contribution in [2.45, 2.75) is 53.4 Å². The van der Waals surface area contributed by atoms with Crippen LogP contribution in [-0.4, -0.2) is 23.8 Å². The van der Waals surface area contributed by atoms with Gasteiger partial charge in [-0.1, -0.05) is 152 Å². The second-order valence-electron chi connectivity index (χ2n) is 18.9. The van der Waals surface area contributed by atoms with E-state index in [0.29, 0.717) is 0 Å². The number of pyridine rings is 3. The van der Waals surface area contributed by atoms with Crippen LogP contribution in [-0.2, 0) is 25.7 Å². The molecule has 0 atom stereocenters. The van der Waals surface area contributed by atoms with Crippen LogP contribution in [0.2, 0.25) is 0 Å². The molecule has 0 aliphatic carbocycles. The largest absolute Gasteiger partial charge is 0.304 e. The summed E-state index contributed by atoms with van der Waals surface area (Å²) in [6, 6.07) is 67.2. The van der Waals surface area contributed by atoms with Crippen LogP contribution in [0, 0.1) is 27.7 Å². The molecule has 0 bridgehead atoms. The van der Waals surface area contributed by atoms with Gasteiger partial charge < -0.3 is 8.80 Å². The van der Waals surface area contributed by atoms with Crippen LogP contribution in [0.4, 0.5) is 0 Å². The van der Waals surface area contributed by atoms with E-state index in [0.717, 1.165) is 59.6 Å². The lowest BCUT2D eigenvalue weighted by Crippen LogP contribution is -1.98. The van der Waals surface area contributed by atoms with Crippen molar-refractivity contribution in [3.63, 3.8) is 0 Å². The molecule has 12 aromatic rings. The summed E-state index contributed by atoms with van der Waals surface area (Å²) in [7, 11) is 0. The standard InChI is InChI=1S/C65H53N5/c1-42-44(3)69-34-31-53-37-46(21-28-58(53)64(69)67-42)17-19-48-36-49(20-18-47-22-29-59-54(38-47)32-35-70-45(4)43(2)68-65(59)70)40-56(39-48)57-14-8-9-15-60(57)61-30-27-55(63-16-10-11-33-66-63)41-62(61)52-25-23-51(24-26-52)50-12-6-5-7-13-50/h5-16,21-41H,17-20H2,1-4H3. The van der Waals surface area contributed by atoms with E-state index in [2.05, 4.69) is 225 Å². The number of aryl methyl sites for hydroxylation is 8. The zero-order valence-electron chi connectivity index (χ0n) is 40.1. The smallest absolute Gasteiger partial charge is 0.145 e. The Morgan fingerprint density at radius 1 is 0.357 bits per heavy atom. The van der Waals surface area contributed by atoms with E-state index in [1.54, 1.807) is 0 Å². The van der Waals surface area contributed by atoms with Crippen LogP contribution in [0.25, 0.3) is 88.6 Å². The second-order valence-corrected chi connectivity index (χ2v) is 18.9. The first-order chi connectivity index (χ1) is 34.3.